The number of aliphatic hydroxyl groups is 2. The predicted molar refractivity (Wildman–Crippen MR) is 398 cm³/mol. The maximum Gasteiger partial charge on any atom is 0.296 e. The van der Waals surface area contributed by atoms with Gasteiger partial charge in [-0.05, 0) is 129 Å². The number of methoxy groups -OCH3 is 2. The molecule has 8 N–H and O–H groups in total. The molecule has 2 aliphatic heterocycles. The number of aromatic nitrogens is 5. The lowest BCUT2D eigenvalue weighted by molar-refractivity contribution is -0.120. The van der Waals surface area contributed by atoms with Crippen molar-refractivity contribution < 1.29 is 64.8 Å². The second kappa shape index (κ2) is 35.3. The number of carbonyl (C=O) groups is 4. The Morgan fingerprint density at radius 2 is 0.913 bits per heavy atom. The topological polar surface area (TPSA) is 414 Å². The molecule has 36 heteroatoms. The van der Waals surface area contributed by atoms with Crippen LogP contribution in [-0.4, -0.2) is 177 Å². The second-order valence-corrected chi connectivity index (χ2v) is 28.1. The van der Waals surface area contributed by atoms with E-state index in [9.17, 15) is 55.3 Å². The third-order valence-electron chi connectivity index (χ3n) is 16.6. The molecule has 0 aliphatic carbocycles. The van der Waals surface area contributed by atoms with Crippen LogP contribution in [0, 0.1) is 0 Å². The molecule has 0 spiro atoms. The molecule has 0 unspecified atom stereocenters. The fourth-order valence-corrected chi connectivity index (χ4v) is 14.5. The fraction of sp³-hybridized carbons (Fsp3) is 0.388. The smallest absolute Gasteiger partial charge is 0.296 e. The summed E-state index contributed by atoms with van der Waals surface area (Å²) >= 11 is 2.08. The summed E-state index contributed by atoms with van der Waals surface area (Å²) in [6, 6.07) is 17.4. The summed E-state index contributed by atoms with van der Waals surface area (Å²) in [4.78, 5) is 88.2. The Bertz CT molecular complexity index is 4320. The molecular formula is C67H82N18O14S4. The number of hydrogen-bond acceptors (Lipinski definition) is 30. The first-order valence-corrected chi connectivity index (χ1v) is 37.7. The van der Waals surface area contributed by atoms with E-state index < -0.39 is 53.4 Å². The number of rotatable bonds is 33. The monoisotopic (exact) mass is 1490 g/mol. The van der Waals surface area contributed by atoms with Gasteiger partial charge < -0.3 is 65.5 Å². The molecule has 103 heavy (non-hydrogen) atoms. The molecule has 0 saturated carbocycles. The van der Waals surface area contributed by atoms with Crippen LogP contribution in [0.5, 0.6) is 11.5 Å². The van der Waals surface area contributed by atoms with Crippen molar-refractivity contribution in [3.05, 3.63) is 93.7 Å². The number of thiazole rings is 2. The molecule has 2 fully saturated rings. The Balaban J connectivity index is 1.14. The number of hydrogen-bond donors (Lipinski definition) is 8. The number of nitrogens with one attached hydrogen (secondary N) is 4. The van der Waals surface area contributed by atoms with E-state index >= 15 is 0 Å². The second-order valence-electron chi connectivity index (χ2n) is 23.3. The minimum atomic E-state index is -4.77. The van der Waals surface area contributed by atoms with E-state index in [0.717, 1.165) is 73.3 Å². The normalized spacial score (nSPS) is 13.9. The van der Waals surface area contributed by atoms with Crippen LogP contribution in [-0.2, 0) is 39.4 Å². The quantitative estimate of drug-likeness (QED) is 0.00623. The van der Waals surface area contributed by atoms with Gasteiger partial charge in [0, 0.05) is 77.6 Å². The number of ketones is 2. The van der Waals surface area contributed by atoms with E-state index in [-0.39, 0.29) is 88.3 Å². The third-order valence-corrected chi connectivity index (χ3v) is 20.2. The number of azo groups is 2. The molecule has 7 aromatic rings. The number of Topliss-reactive ketones (excluding diaryl/α,β-unsaturated/α-hetero) is 2. The first kappa shape index (κ1) is 77.2. The van der Waals surface area contributed by atoms with E-state index in [1.807, 2.05) is 37.5 Å². The number of anilines is 11. The van der Waals surface area contributed by atoms with Crippen molar-refractivity contribution in [1.29, 1.82) is 0 Å². The van der Waals surface area contributed by atoms with Gasteiger partial charge in [0.15, 0.2) is 11.6 Å². The van der Waals surface area contributed by atoms with Crippen LogP contribution in [0.25, 0.3) is 12.2 Å². The Morgan fingerprint density at radius 1 is 0.534 bits per heavy atom. The number of carbonyl (C=O) groups excluding carboxylic acids is 4. The summed E-state index contributed by atoms with van der Waals surface area (Å²) in [5.74, 6) is -1.54. The lowest BCUT2D eigenvalue weighted by Gasteiger charge is -2.27. The summed E-state index contributed by atoms with van der Waals surface area (Å²) in [5.41, 5.74) is 1.18. The molecule has 5 heterocycles. The van der Waals surface area contributed by atoms with Gasteiger partial charge in [0.1, 0.15) is 44.3 Å². The van der Waals surface area contributed by atoms with Crippen LogP contribution in [0.2, 0.25) is 0 Å². The molecule has 32 nitrogen and oxygen atoms in total. The van der Waals surface area contributed by atoms with Crippen molar-refractivity contribution in [2.24, 2.45) is 20.5 Å². The van der Waals surface area contributed by atoms with Crippen LogP contribution >= 0.6 is 22.7 Å². The Morgan fingerprint density at radius 3 is 1.25 bits per heavy atom. The maximum absolute atomic E-state index is 13.9. The number of amides is 2. The molecule has 548 valence electrons. The van der Waals surface area contributed by atoms with Crippen LogP contribution < -0.4 is 55.2 Å². The highest BCUT2D eigenvalue weighted by Gasteiger charge is 2.29. The summed E-state index contributed by atoms with van der Waals surface area (Å²) in [5, 5.41) is 51.4. The van der Waals surface area contributed by atoms with Crippen molar-refractivity contribution in [1.82, 2.24) is 24.9 Å². The van der Waals surface area contributed by atoms with Crippen LogP contribution in [0.1, 0.15) is 89.8 Å². The molecule has 9 rings (SSSR count). The number of para-hydroxylation sites is 2. The van der Waals surface area contributed by atoms with Gasteiger partial charge in [-0.15, -0.1) is 20.5 Å². The van der Waals surface area contributed by atoms with Gasteiger partial charge in [0.05, 0.1) is 82.5 Å². The minimum Gasteiger partial charge on any atom is -0.494 e. The molecule has 0 radical (unpaired) electrons. The number of nitrogens with zero attached hydrogens (tertiary/aromatic N) is 14. The number of benzene rings is 4. The molecule has 4 aromatic carbocycles. The zero-order valence-electron chi connectivity index (χ0n) is 58.1. The molecule has 2 amide bonds. The van der Waals surface area contributed by atoms with Crippen molar-refractivity contribution in [2.45, 2.75) is 89.9 Å². The molecule has 3 aromatic heterocycles. The average molecular weight is 1490 g/mol. The SMILES string of the molecule is CCN(CC)c1cc(Nc2nc(Nc3cc(N(CC)CC)c(OC)cc3N=Nc3nc(N4CCCCC4)c(/C=C(\C(C)=O)C(=O)Nc4ccccc4S(=O)(=O)O)s3)nc(N(CCO)CCO)n2)c(N=Nc2nc(N3CCCCC3)c(C=C(C(C)=O)C(=O)Nc3ccccc3S(=O)(=O)O)s2)cc1OC. The lowest BCUT2D eigenvalue weighted by atomic mass is 10.1. The molecule has 2 saturated heterocycles. The van der Waals surface area contributed by atoms with Crippen LogP contribution in [0.15, 0.2) is 114 Å². The summed E-state index contributed by atoms with van der Waals surface area (Å²) in [6.45, 7) is 14.3. The highest BCUT2D eigenvalue weighted by Crippen LogP contribution is 2.45. The standard InChI is InChI=1S/C67H82N18O14S4/c1-9-81(10-2)51-37-47(49(39-53(51)98-7)77-79-66-72-59(83-27-19-13-20-28-83)55(100-66)35-43(41(5)88)61(90)68-45-23-15-17-25-57(45)102(92,93)94)70-63-74-64(76-65(75-63)85(31-33-86)32-34-87)71-48-38-52(82(11-3)12-4)54(99-8)40-50(48)78-80-67-73-60(84-29-21-14-22-30-84)56(101-67)36-44(42(6)89)62(91)69-46-24-16-18-26-58(46)103(95,96)97/h15-18,23-26,35-40,86-87H,9-14,19-22,27-34H2,1-8H3,(H,68,90)(H,69,91)(H,92,93,94)(H,95,96,97)(H2,70,71,74,75,76)/b43-35+,44-36?,79-77?,80-78?. The van der Waals surface area contributed by atoms with Crippen molar-refractivity contribution in [2.75, 3.05) is 139 Å². The molecular weight excluding hydrogens is 1410 g/mol. The number of piperidine rings is 2. The van der Waals surface area contributed by atoms with E-state index in [4.69, 9.17) is 44.6 Å². The molecule has 2 aliphatic rings. The van der Waals surface area contributed by atoms with E-state index in [0.29, 0.717) is 108 Å². The first-order valence-electron chi connectivity index (χ1n) is 33.2. The Hall–Kier alpha value is -9.95. The summed E-state index contributed by atoms with van der Waals surface area (Å²) < 4.78 is 80.9. The van der Waals surface area contributed by atoms with Gasteiger partial charge in [0.2, 0.25) is 28.1 Å². The zero-order valence-corrected chi connectivity index (χ0v) is 61.3. The maximum atomic E-state index is 13.9. The van der Waals surface area contributed by atoms with Crippen LogP contribution in [0.4, 0.5) is 85.2 Å². The number of aliphatic hydroxyl groups excluding tert-OH is 2. The predicted octanol–water partition coefficient (Wildman–Crippen LogP) is 11.3. The third kappa shape index (κ3) is 19.4. The van der Waals surface area contributed by atoms with Gasteiger partial charge >= 0.3 is 0 Å². The van der Waals surface area contributed by atoms with Gasteiger partial charge in [0.25, 0.3) is 32.1 Å². The Labute approximate surface area is 604 Å². The largest absolute Gasteiger partial charge is 0.494 e. The van der Waals surface area contributed by atoms with E-state index in [1.54, 1.807) is 29.2 Å². The summed E-state index contributed by atoms with van der Waals surface area (Å²) in [7, 11) is -6.49. The zero-order chi connectivity index (χ0) is 74.1. The van der Waals surface area contributed by atoms with Crippen molar-refractivity contribution >= 4 is 164 Å². The minimum absolute atomic E-state index is 0.0123. The first-order chi connectivity index (χ1) is 49.4. The Kier molecular flexibility index (Phi) is 26.5. The molecule has 0 atom stereocenters. The van der Waals surface area contributed by atoms with Crippen molar-refractivity contribution in [3.8, 4) is 11.5 Å². The fourth-order valence-electron chi connectivity index (χ4n) is 11.5. The highest BCUT2D eigenvalue weighted by atomic mass is 32.2. The molecule has 0 bridgehead atoms. The van der Waals surface area contributed by atoms with Gasteiger partial charge in [-0.1, -0.05) is 46.9 Å². The van der Waals surface area contributed by atoms with E-state index in [2.05, 4.69) is 41.3 Å². The van der Waals surface area contributed by atoms with Gasteiger partial charge in [-0.25, -0.2) is 0 Å². The average Bonchev–Trinajstić information content (AvgIpc) is 1.58. The van der Waals surface area contributed by atoms with Gasteiger partial charge in [-0.3, -0.25) is 28.3 Å². The van der Waals surface area contributed by atoms with Crippen molar-refractivity contribution in [3.63, 3.8) is 0 Å². The highest BCUT2D eigenvalue weighted by molar-refractivity contribution is 7.86. The summed E-state index contributed by atoms with van der Waals surface area (Å²) in [6.07, 6.45) is 8.04. The van der Waals surface area contributed by atoms with Crippen LogP contribution in [0.3, 0.4) is 0 Å². The van der Waals surface area contributed by atoms with Gasteiger partial charge in [-0.2, -0.15) is 41.8 Å². The lowest BCUT2D eigenvalue weighted by Crippen LogP contribution is -2.31. The van der Waals surface area contributed by atoms with E-state index in [1.165, 1.54) is 76.6 Å². The number of ether oxygens (including phenoxy) is 2.